The summed E-state index contributed by atoms with van der Waals surface area (Å²) in [5, 5.41) is 11.6. The van der Waals surface area contributed by atoms with E-state index >= 15 is 0 Å². The molecule has 0 aliphatic rings. The van der Waals surface area contributed by atoms with Crippen LogP contribution in [0.5, 0.6) is 5.75 Å². The van der Waals surface area contributed by atoms with Gasteiger partial charge in [0.2, 0.25) is 0 Å². The number of methoxy groups -OCH3 is 1. The molecular formula is C13H21N3O2. The van der Waals surface area contributed by atoms with Crippen LogP contribution in [0, 0.1) is 0 Å². The molecule has 0 spiro atoms. The fraction of sp³-hybridized carbons (Fsp3) is 0.462. The van der Waals surface area contributed by atoms with Crippen molar-refractivity contribution >= 4 is 5.84 Å². The van der Waals surface area contributed by atoms with Crippen LogP contribution in [0.15, 0.2) is 29.4 Å². The second-order valence-corrected chi connectivity index (χ2v) is 4.11. The molecule has 5 nitrogen and oxygen atoms in total. The summed E-state index contributed by atoms with van der Waals surface area (Å²) in [6, 6.07) is 7.87. The van der Waals surface area contributed by atoms with Crippen LogP contribution in [0.3, 0.4) is 0 Å². The highest BCUT2D eigenvalue weighted by molar-refractivity contribution is 5.81. The topological polar surface area (TPSA) is 71.1 Å². The zero-order valence-corrected chi connectivity index (χ0v) is 11.0. The Kier molecular flexibility index (Phi) is 6.00. The molecule has 1 aromatic rings. The molecule has 0 bridgehead atoms. The standard InChI is InChI=1S/C13H21N3O2/c1-3-8-16(10-13(14)15-17)9-11-6-4-5-7-12(11)18-2/h4-7,17H,3,8-10H2,1-2H3,(H2,14,15). The third-order valence-electron chi connectivity index (χ3n) is 2.64. The van der Waals surface area contributed by atoms with E-state index in [0.29, 0.717) is 13.1 Å². The van der Waals surface area contributed by atoms with Gasteiger partial charge in [-0.15, -0.1) is 0 Å². The number of hydrogen-bond donors (Lipinski definition) is 2. The van der Waals surface area contributed by atoms with Gasteiger partial charge in [-0.05, 0) is 19.0 Å². The van der Waals surface area contributed by atoms with Crippen molar-refractivity contribution in [1.29, 1.82) is 0 Å². The Bertz CT molecular complexity index is 394. The lowest BCUT2D eigenvalue weighted by atomic mass is 10.2. The van der Waals surface area contributed by atoms with Crippen LogP contribution in [-0.4, -0.2) is 36.1 Å². The lowest BCUT2D eigenvalue weighted by Gasteiger charge is -2.21. The van der Waals surface area contributed by atoms with E-state index in [0.717, 1.165) is 24.3 Å². The molecular weight excluding hydrogens is 230 g/mol. The van der Waals surface area contributed by atoms with E-state index in [1.165, 1.54) is 0 Å². The first-order valence-electron chi connectivity index (χ1n) is 6.01. The van der Waals surface area contributed by atoms with Crippen molar-refractivity contribution in [1.82, 2.24) is 4.90 Å². The predicted molar refractivity (Wildman–Crippen MR) is 72.0 cm³/mol. The van der Waals surface area contributed by atoms with Gasteiger partial charge in [-0.3, -0.25) is 4.90 Å². The minimum atomic E-state index is 0.221. The molecule has 0 radical (unpaired) electrons. The van der Waals surface area contributed by atoms with Crippen LogP contribution in [0.25, 0.3) is 0 Å². The van der Waals surface area contributed by atoms with E-state index < -0.39 is 0 Å². The molecule has 0 unspecified atom stereocenters. The Morgan fingerprint density at radius 1 is 1.44 bits per heavy atom. The van der Waals surface area contributed by atoms with Crippen LogP contribution < -0.4 is 10.5 Å². The Morgan fingerprint density at radius 3 is 2.78 bits per heavy atom. The van der Waals surface area contributed by atoms with E-state index in [1.54, 1.807) is 7.11 Å². The van der Waals surface area contributed by atoms with Gasteiger partial charge in [-0.2, -0.15) is 0 Å². The Labute approximate surface area is 108 Å². The summed E-state index contributed by atoms with van der Waals surface area (Å²) < 4.78 is 5.32. The van der Waals surface area contributed by atoms with Crippen molar-refractivity contribution in [2.45, 2.75) is 19.9 Å². The number of rotatable bonds is 7. The summed E-state index contributed by atoms with van der Waals surface area (Å²) in [5.74, 6) is 1.08. The molecule has 1 aromatic carbocycles. The van der Waals surface area contributed by atoms with Crippen molar-refractivity contribution in [2.75, 3.05) is 20.2 Å². The van der Waals surface area contributed by atoms with E-state index in [2.05, 4.69) is 17.0 Å². The summed E-state index contributed by atoms with van der Waals surface area (Å²) in [6.45, 7) is 4.15. The van der Waals surface area contributed by atoms with Crippen LogP contribution in [0.2, 0.25) is 0 Å². The number of ether oxygens (including phenoxy) is 1. The number of para-hydroxylation sites is 1. The monoisotopic (exact) mass is 251 g/mol. The zero-order valence-electron chi connectivity index (χ0n) is 11.0. The zero-order chi connectivity index (χ0) is 13.4. The molecule has 18 heavy (non-hydrogen) atoms. The fourth-order valence-electron chi connectivity index (χ4n) is 1.87. The number of amidine groups is 1. The van der Waals surface area contributed by atoms with Gasteiger partial charge >= 0.3 is 0 Å². The fourth-order valence-corrected chi connectivity index (χ4v) is 1.87. The summed E-state index contributed by atoms with van der Waals surface area (Å²) >= 11 is 0. The second-order valence-electron chi connectivity index (χ2n) is 4.11. The highest BCUT2D eigenvalue weighted by Crippen LogP contribution is 2.19. The first-order chi connectivity index (χ1) is 8.71. The molecule has 0 saturated heterocycles. The largest absolute Gasteiger partial charge is 0.496 e. The van der Waals surface area contributed by atoms with E-state index in [4.69, 9.17) is 15.7 Å². The van der Waals surface area contributed by atoms with Gasteiger partial charge < -0.3 is 15.7 Å². The lowest BCUT2D eigenvalue weighted by Crippen LogP contribution is -2.34. The first-order valence-corrected chi connectivity index (χ1v) is 6.01. The smallest absolute Gasteiger partial charge is 0.153 e. The Hall–Kier alpha value is -1.75. The van der Waals surface area contributed by atoms with Crippen LogP contribution >= 0.6 is 0 Å². The maximum atomic E-state index is 8.63. The van der Waals surface area contributed by atoms with Gasteiger partial charge in [0.1, 0.15) is 5.75 Å². The van der Waals surface area contributed by atoms with Crippen LogP contribution in [0.4, 0.5) is 0 Å². The molecule has 0 aliphatic carbocycles. The van der Waals surface area contributed by atoms with Crippen LogP contribution in [-0.2, 0) is 6.54 Å². The van der Waals surface area contributed by atoms with Crippen molar-refractivity contribution in [3.63, 3.8) is 0 Å². The average Bonchev–Trinajstić information content (AvgIpc) is 2.39. The quantitative estimate of drug-likeness (QED) is 0.334. The Morgan fingerprint density at radius 2 is 2.17 bits per heavy atom. The average molecular weight is 251 g/mol. The van der Waals surface area contributed by atoms with Crippen LogP contribution in [0.1, 0.15) is 18.9 Å². The number of nitrogens with zero attached hydrogens (tertiary/aromatic N) is 2. The maximum Gasteiger partial charge on any atom is 0.153 e. The molecule has 0 saturated carbocycles. The predicted octanol–water partition coefficient (Wildman–Crippen LogP) is 1.65. The first kappa shape index (κ1) is 14.3. The molecule has 3 N–H and O–H groups in total. The molecule has 0 amide bonds. The third kappa shape index (κ3) is 4.25. The van der Waals surface area contributed by atoms with E-state index in [9.17, 15) is 0 Å². The number of oxime groups is 1. The minimum Gasteiger partial charge on any atom is -0.496 e. The van der Waals surface area contributed by atoms with Gasteiger partial charge in [0.15, 0.2) is 5.84 Å². The number of benzene rings is 1. The summed E-state index contributed by atoms with van der Waals surface area (Å²) in [5.41, 5.74) is 6.65. The molecule has 1 rings (SSSR count). The van der Waals surface area contributed by atoms with Crippen molar-refractivity contribution in [3.05, 3.63) is 29.8 Å². The molecule has 5 heteroatoms. The highest BCUT2D eigenvalue weighted by Gasteiger charge is 2.10. The van der Waals surface area contributed by atoms with Gasteiger partial charge in [-0.25, -0.2) is 0 Å². The molecule has 0 aromatic heterocycles. The van der Waals surface area contributed by atoms with Crippen molar-refractivity contribution in [2.24, 2.45) is 10.9 Å². The maximum absolute atomic E-state index is 8.63. The summed E-state index contributed by atoms with van der Waals surface area (Å²) in [6.07, 6.45) is 1.01. The molecule has 100 valence electrons. The summed E-state index contributed by atoms with van der Waals surface area (Å²) in [4.78, 5) is 2.12. The van der Waals surface area contributed by atoms with Gasteiger partial charge in [0.25, 0.3) is 0 Å². The SMILES string of the molecule is CCCN(CC(N)=NO)Cc1ccccc1OC. The summed E-state index contributed by atoms with van der Waals surface area (Å²) in [7, 11) is 1.66. The minimum absolute atomic E-state index is 0.221. The van der Waals surface area contributed by atoms with E-state index in [-0.39, 0.29) is 5.84 Å². The van der Waals surface area contributed by atoms with Gasteiger partial charge in [-0.1, -0.05) is 30.3 Å². The highest BCUT2D eigenvalue weighted by atomic mass is 16.5. The molecule has 0 heterocycles. The normalized spacial score (nSPS) is 11.8. The van der Waals surface area contributed by atoms with Gasteiger partial charge in [0.05, 0.1) is 13.7 Å². The molecule has 0 fully saturated rings. The second kappa shape index (κ2) is 7.55. The number of nitrogens with two attached hydrogens (primary N) is 1. The number of hydrogen-bond acceptors (Lipinski definition) is 4. The van der Waals surface area contributed by atoms with Gasteiger partial charge in [0, 0.05) is 12.1 Å². The third-order valence-corrected chi connectivity index (χ3v) is 2.64. The van der Waals surface area contributed by atoms with Crippen molar-refractivity contribution in [3.8, 4) is 5.75 Å². The van der Waals surface area contributed by atoms with Crippen molar-refractivity contribution < 1.29 is 9.94 Å². The lowest BCUT2D eigenvalue weighted by molar-refractivity contribution is 0.282. The molecule has 0 aliphatic heterocycles. The Balaban J connectivity index is 2.76. The molecule has 0 atom stereocenters. The van der Waals surface area contributed by atoms with E-state index in [1.807, 2.05) is 24.3 Å².